The molecule has 3 aromatic carbocycles. The Labute approximate surface area is 171 Å². The lowest BCUT2D eigenvalue weighted by atomic mass is 10.0. The van der Waals surface area contributed by atoms with Gasteiger partial charge in [-0.3, -0.25) is 9.52 Å². The molecule has 1 amide bonds. The van der Waals surface area contributed by atoms with Gasteiger partial charge in [0.05, 0.1) is 16.1 Å². The normalized spacial score (nSPS) is 11.3. The molecule has 0 atom stereocenters. The van der Waals surface area contributed by atoms with Crippen molar-refractivity contribution >= 4 is 27.3 Å². The van der Waals surface area contributed by atoms with E-state index >= 15 is 0 Å². The van der Waals surface area contributed by atoms with Crippen molar-refractivity contribution < 1.29 is 13.2 Å². The van der Waals surface area contributed by atoms with Crippen LogP contribution in [0.25, 0.3) is 0 Å². The topological polar surface area (TPSA) is 75.3 Å². The largest absolute Gasteiger partial charge is 0.322 e. The molecule has 0 heterocycles. The third kappa shape index (κ3) is 4.84. The van der Waals surface area contributed by atoms with Crippen LogP contribution in [0.5, 0.6) is 0 Å². The van der Waals surface area contributed by atoms with Gasteiger partial charge in [-0.05, 0) is 48.7 Å². The van der Waals surface area contributed by atoms with Crippen LogP contribution in [0.1, 0.15) is 41.3 Å². The summed E-state index contributed by atoms with van der Waals surface area (Å²) < 4.78 is 28.0. The van der Waals surface area contributed by atoms with Crippen molar-refractivity contribution in [2.24, 2.45) is 0 Å². The van der Waals surface area contributed by atoms with E-state index in [9.17, 15) is 13.2 Å². The number of anilines is 2. The molecule has 0 saturated carbocycles. The van der Waals surface area contributed by atoms with Crippen LogP contribution in [0.2, 0.25) is 0 Å². The van der Waals surface area contributed by atoms with E-state index in [1.54, 1.807) is 48.5 Å². The molecule has 29 heavy (non-hydrogen) atoms. The minimum Gasteiger partial charge on any atom is -0.322 e. The summed E-state index contributed by atoms with van der Waals surface area (Å²) in [4.78, 5) is 13.1. The molecule has 0 radical (unpaired) electrons. The summed E-state index contributed by atoms with van der Waals surface area (Å²) in [5.41, 5.74) is 3.17. The van der Waals surface area contributed by atoms with Crippen LogP contribution < -0.4 is 10.0 Å². The molecule has 0 bridgehead atoms. The fourth-order valence-corrected chi connectivity index (χ4v) is 4.07. The minimum atomic E-state index is -3.81. The maximum Gasteiger partial charge on any atom is 0.261 e. The number of amides is 1. The zero-order valence-corrected chi connectivity index (χ0v) is 17.5. The number of nitrogens with one attached hydrogen (secondary N) is 2. The molecule has 5 nitrogen and oxygen atoms in total. The summed E-state index contributed by atoms with van der Waals surface area (Å²) in [5, 5.41) is 2.91. The molecule has 0 fully saturated rings. The SMILES string of the molecule is Cc1ccc(S(=O)(=O)Nc2ccccc2C(=O)Nc2ccccc2C(C)C)cc1. The van der Waals surface area contributed by atoms with Gasteiger partial charge >= 0.3 is 0 Å². The number of aryl methyl sites for hydroxylation is 1. The van der Waals surface area contributed by atoms with Crippen molar-refractivity contribution in [2.45, 2.75) is 31.6 Å². The van der Waals surface area contributed by atoms with Crippen molar-refractivity contribution in [3.8, 4) is 0 Å². The molecular formula is C23H24N2O3S. The smallest absolute Gasteiger partial charge is 0.261 e. The Morgan fingerprint density at radius 3 is 2.07 bits per heavy atom. The summed E-state index contributed by atoms with van der Waals surface area (Å²) in [6, 6.07) is 20.7. The van der Waals surface area contributed by atoms with Crippen LogP contribution in [0.15, 0.2) is 77.7 Å². The van der Waals surface area contributed by atoms with E-state index < -0.39 is 10.0 Å². The zero-order valence-electron chi connectivity index (χ0n) is 16.6. The van der Waals surface area contributed by atoms with Gasteiger partial charge < -0.3 is 5.32 Å². The molecular weight excluding hydrogens is 384 g/mol. The van der Waals surface area contributed by atoms with E-state index in [4.69, 9.17) is 0 Å². The average molecular weight is 409 g/mol. The lowest BCUT2D eigenvalue weighted by Crippen LogP contribution is -2.19. The maximum absolute atomic E-state index is 12.9. The lowest BCUT2D eigenvalue weighted by molar-refractivity contribution is 0.102. The van der Waals surface area contributed by atoms with Crippen molar-refractivity contribution in [3.05, 3.63) is 89.5 Å². The summed E-state index contributed by atoms with van der Waals surface area (Å²) >= 11 is 0. The van der Waals surface area contributed by atoms with Gasteiger partial charge in [0.2, 0.25) is 0 Å². The standard InChI is InChI=1S/C23H24N2O3S/c1-16(2)19-8-4-6-10-21(19)24-23(26)20-9-5-7-11-22(20)25-29(27,28)18-14-12-17(3)13-15-18/h4-16,25H,1-3H3,(H,24,26). The van der Waals surface area contributed by atoms with Crippen molar-refractivity contribution in [1.29, 1.82) is 0 Å². The lowest BCUT2D eigenvalue weighted by Gasteiger charge is -2.16. The quantitative estimate of drug-likeness (QED) is 0.591. The van der Waals surface area contributed by atoms with Gasteiger partial charge in [0, 0.05) is 5.69 Å². The second-order valence-electron chi connectivity index (χ2n) is 7.16. The van der Waals surface area contributed by atoms with Crippen molar-refractivity contribution in [2.75, 3.05) is 10.0 Å². The van der Waals surface area contributed by atoms with Crippen LogP contribution in [0, 0.1) is 6.92 Å². The van der Waals surface area contributed by atoms with Gasteiger partial charge in [0.25, 0.3) is 15.9 Å². The Balaban J connectivity index is 1.89. The van der Waals surface area contributed by atoms with Crippen molar-refractivity contribution in [3.63, 3.8) is 0 Å². The molecule has 150 valence electrons. The number of benzene rings is 3. The number of carbonyl (C=O) groups is 1. The first-order chi connectivity index (χ1) is 13.8. The fraction of sp³-hybridized carbons (Fsp3) is 0.174. The monoisotopic (exact) mass is 408 g/mol. The Hall–Kier alpha value is -3.12. The highest BCUT2D eigenvalue weighted by Crippen LogP contribution is 2.26. The van der Waals surface area contributed by atoms with Gasteiger partial charge in [-0.25, -0.2) is 8.42 Å². The molecule has 3 aromatic rings. The number of para-hydroxylation sites is 2. The number of hydrogen-bond acceptors (Lipinski definition) is 3. The number of sulfonamides is 1. The Morgan fingerprint density at radius 1 is 0.828 bits per heavy atom. The average Bonchev–Trinajstić information content (AvgIpc) is 2.68. The van der Waals surface area contributed by atoms with E-state index in [0.717, 1.165) is 11.1 Å². The number of carbonyl (C=O) groups excluding carboxylic acids is 1. The Morgan fingerprint density at radius 2 is 1.41 bits per heavy atom. The first kappa shape index (κ1) is 20.6. The number of hydrogen-bond donors (Lipinski definition) is 2. The molecule has 0 aliphatic rings. The van der Waals surface area contributed by atoms with Gasteiger partial charge in [0.15, 0.2) is 0 Å². The van der Waals surface area contributed by atoms with Gasteiger partial charge in [-0.1, -0.05) is 61.9 Å². The second-order valence-corrected chi connectivity index (χ2v) is 8.84. The first-order valence-corrected chi connectivity index (χ1v) is 10.8. The molecule has 0 aliphatic carbocycles. The molecule has 0 spiro atoms. The predicted octanol–water partition coefficient (Wildman–Crippen LogP) is 5.17. The number of rotatable bonds is 6. The first-order valence-electron chi connectivity index (χ1n) is 9.37. The van der Waals surface area contributed by atoms with Crippen molar-refractivity contribution in [1.82, 2.24) is 0 Å². The second kappa shape index (κ2) is 8.49. The van der Waals surface area contributed by atoms with Gasteiger partial charge in [-0.2, -0.15) is 0 Å². The van der Waals surface area contributed by atoms with E-state index in [0.29, 0.717) is 5.69 Å². The van der Waals surface area contributed by atoms with Gasteiger partial charge in [0.1, 0.15) is 0 Å². The van der Waals surface area contributed by atoms with Crippen LogP contribution in [-0.2, 0) is 10.0 Å². The van der Waals surface area contributed by atoms with E-state index in [1.807, 2.05) is 31.2 Å². The highest BCUT2D eigenvalue weighted by Gasteiger charge is 2.19. The fourth-order valence-electron chi connectivity index (χ4n) is 3.00. The van der Waals surface area contributed by atoms with Crippen LogP contribution >= 0.6 is 0 Å². The van der Waals surface area contributed by atoms with Crippen LogP contribution in [-0.4, -0.2) is 14.3 Å². The summed E-state index contributed by atoms with van der Waals surface area (Å²) in [7, 11) is -3.81. The maximum atomic E-state index is 12.9. The highest BCUT2D eigenvalue weighted by molar-refractivity contribution is 7.92. The molecule has 2 N–H and O–H groups in total. The van der Waals surface area contributed by atoms with E-state index in [-0.39, 0.29) is 28.0 Å². The Bertz CT molecular complexity index is 1120. The summed E-state index contributed by atoms with van der Waals surface area (Å²) in [5.74, 6) is -0.137. The summed E-state index contributed by atoms with van der Waals surface area (Å²) in [6.07, 6.45) is 0. The molecule has 0 aliphatic heterocycles. The van der Waals surface area contributed by atoms with E-state index in [1.165, 1.54) is 0 Å². The van der Waals surface area contributed by atoms with E-state index in [2.05, 4.69) is 23.9 Å². The molecule has 3 rings (SSSR count). The zero-order chi connectivity index (χ0) is 21.0. The third-order valence-electron chi connectivity index (χ3n) is 4.58. The van der Waals surface area contributed by atoms with Crippen LogP contribution in [0.4, 0.5) is 11.4 Å². The van der Waals surface area contributed by atoms with Crippen LogP contribution in [0.3, 0.4) is 0 Å². The molecule has 0 aromatic heterocycles. The highest BCUT2D eigenvalue weighted by atomic mass is 32.2. The third-order valence-corrected chi connectivity index (χ3v) is 5.96. The molecule has 6 heteroatoms. The Kier molecular flexibility index (Phi) is 6.03. The van der Waals surface area contributed by atoms with Gasteiger partial charge in [-0.15, -0.1) is 0 Å². The molecule has 0 unspecified atom stereocenters. The minimum absolute atomic E-state index is 0.142. The molecule has 0 saturated heterocycles. The summed E-state index contributed by atoms with van der Waals surface area (Å²) in [6.45, 7) is 5.99. The predicted molar refractivity (Wildman–Crippen MR) is 117 cm³/mol.